The number of nitrogens with zero attached hydrogens (tertiary/aromatic N) is 3. The smallest absolute Gasteiger partial charge is 0.313 e. The van der Waals surface area contributed by atoms with Crippen LogP contribution in [-0.2, 0) is 20.9 Å². The Kier molecular flexibility index (Phi) is 6.09. The minimum atomic E-state index is -0.984. The number of aliphatic carboxylic acids is 1. The summed E-state index contributed by atoms with van der Waals surface area (Å²) in [5.41, 5.74) is 5.57. The first-order chi connectivity index (χ1) is 9.04. The summed E-state index contributed by atoms with van der Waals surface area (Å²) in [6, 6.07) is 0. The molecule has 0 unspecified atom stereocenters. The molecule has 106 valence electrons. The zero-order valence-corrected chi connectivity index (χ0v) is 11.1. The van der Waals surface area contributed by atoms with Crippen LogP contribution in [0.25, 0.3) is 0 Å². The van der Waals surface area contributed by atoms with E-state index in [1.165, 1.54) is 11.7 Å². The second-order valence-electron chi connectivity index (χ2n) is 3.45. The Bertz CT molecular complexity index is 450. The van der Waals surface area contributed by atoms with E-state index in [0.29, 0.717) is 18.3 Å². The number of carbonyl (C=O) groups is 2. The molecule has 0 aliphatic carbocycles. The molecule has 0 aliphatic rings. The van der Waals surface area contributed by atoms with Crippen LogP contribution in [0, 0.1) is 0 Å². The number of nitrogens with two attached hydrogens (primary N) is 1. The topological polar surface area (TPSA) is 132 Å². The van der Waals surface area contributed by atoms with Crippen LogP contribution in [0.2, 0.25) is 0 Å². The minimum absolute atomic E-state index is 0.0646. The third-order valence-corrected chi connectivity index (χ3v) is 2.95. The Hall–Kier alpha value is -1.81. The average molecular weight is 289 g/mol. The maximum atomic E-state index is 11.6. The van der Waals surface area contributed by atoms with Gasteiger partial charge in [-0.3, -0.25) is 14.2 Å². The minimum Gasteiger partial charge on any atom is -0.481 e. The molecule has 0 saturated carbocycles. The van der Waals surface area contributed by atoms with E-state index in [2.05, 4.69) is 15.5 Å². The molecule has 1 aromatic rings. The molecular formula is C9H15N5O4S. The number of methoxy groups -OCH3 is 1. The molecule has 0 aromatic carbocycles. The number of thioether (sulfide) groups is 1. The number of carboxylic acids is 1. The van der Waals surface area contributed by atoms with Crippen LogP contribution in [0.15, 0.2) is 5.16 Å². The van der Waals surface area contributed by atoms with Crippen molar-refractivity contribution < 1.29 is 19.4 Å². The van der Waals surface area contributed by atoms with E-state index in [9.17, 15) is 9.59 Å². The first kappa shape index (κ1) is 15.2. The number of carbonyl (C=O) groups excluding carboxylic acids is 1. The number of carboxylic acid groups (broad SMARTS) is 1. The van der Waals surface area contributed by atoms with Gasteiger partial charge in [0.2, 0.25) is 11.9 Å². The van der Waals surface area contributed by atoms with Crippen molar-refractivity contribution in [1.29, 1.82) is 0 Å². The molecule has 4 N–H and O–H groups in total. The monoisotopic (exact) mass is 289 g/mol. The van der Waals surface area contributed by atoms with Gasteiger partial charge in [-0.1, -0.05) is 11.8 Å². The summed E-state index contributed by atoms with van der Waals surface area (Å²) in [6.45, 7) is 0.726. The molecule has 0 bridgehead atoms. The first-order valence-electron chi connectivity index (χ1n) is 5.33. The van der Waals surface area contributed by atoms with E-state index in [0.717, 1.165) is 11.8 Å². The molecule has 0 fully saturated rings. The van der Waals surface area contributed by atoms with Gasteiger partial charge in [0, 0.05) is 13.7 Å². The Balaban J connectivity index is 2.58. The van der Waals surface area contributed by atoms with Gasteiger partial charge in [-0.15, -0.1) is 10.2 Å². The van der Waals surface area contributed by atoms with Crippen LogP contribution in [0.4, 0.5) is 5.95 Å². The third kappa shape index (κ3) is 5.14. The summed E-state index contributed by atoms with van der Waals surface area (Å²) in [6.07, 6.45) is 0. The highest BCUT2D eigenvalue weighted by atomic mass is 32.2. The van der Waals surface area contributed by atoms with Gasteiger partial charge in [-0.25, -0.2) is 0 Å². The van der Waals surface area contributed by atoms with Gasteiger partial charge in [0.1, 0.15) is 6.54 Å². The van der Waals surface area contributed by atoms with Crippen LogP contribution >= 0.6 is 11.8 Å². The van der Waals surface area contributed by atoms with E-state index in [-0.39, 0.29) is 24.2 Å². The number of anilines is 1. The normalized spacial score (nSPS) is 10.4. The molecule has 9 nitrogen and oxygen atoms in total. The maximum Gasteiger partial charge on any atom is 0.313 e. The van der Waals surface area contributed by atoms with E-state index in [1.54, 1.807) is 0 Å². The number of rotatable bonds is 8. The largest absolute Gasteiger partial charge is 0.481 e. The standard InChI is InChI=1S/C9H15N5O4S/c1-18-3-2-11-6(15)4-14-8(10)12-13-9(14)19-5-7(16)17/h2-5H2,1H3,(H2,10,12)(H,11,15)(H,16,17). The fourth-order valence-electron chi connectivity index (χ4n) is 1.17. The van der Waals surface area contributed by atoms with Gasteiger partial charge in [-0.2, -0.15) is 0 Å². The van der Waals surface area contributed by atoms with Crippen LogP contribution < -0.4 is 11.1 Å². The number of aromatic nitrogens is 3. The molecular weight excluding hydrogens is 274 g/mol. The SMILES string of the molecule is COCCNC(=O)Cn1c(N)nnc1SCC(=O)O. The zero-order valence-electron chi connectivity index (χ0n) is 10.3. The third-order valence-electron chi connectivity index (χ3n) is 2.00. The van der Waals surface area contributed by atoms with Crippen molar-refractivity contribution in [1.82, 2.24) is 20.1 Å². The maximum absolute atomic E-state index is 11.6. The highest BCUT2D eigenvalue weighted by Crippen LogP contribution is 2.17. The second-order valence-corrected chi connectivity index (χ2v) is 4.39. The van der Waals surface area contributed by atoms with Gasteiger partial charge in [0.25, 0.3) is 0 Å². The molecule has 10 heteroatoms. The van der Waals surface area contributed by atoms with E-state index in [1.807, 2.05) is 0 Å². The highest BCUT2D eigenvalue weighted by Gasteiger charge is 2.14. The molecule has 0 radical (unpaired) electrons. The summed E-state index contributed by atoms with van der Waals surface area (Å²) in [4.78, 5) is 22.1. The number of hydrogen-bond donors (Lipinski definition) is 3. The molecule has 1 heterocycles. The van der Waals surface area contributed by atoms with Gasteiger partial charge in [0.05, 0.1) is 12.4 Å². The summed E-state index contributed by atoms with van der Waals surface area (Å²) >= 11 is 0.951. The van der Waals surface area contributed by atoms with Gasteiger partial charge in [-0.05, 0) is 0 Å². The average Bonchev–Trinajstić information content (AvgIpc) is 2.69. The molecule has 1 aromatic heterocycles. The molecule has 1 amide bonds. The quantitative estimate of drug-likeness (QED) is 0.401. The second kappa shape index (κ2) is 7.59. The van der Waals surface area contributed by atoms with Crippen molar-refractivity contribution in [3.8, 4) is 0 Å². The molecule has 0 aliphatic heterocycles. The molecule has 1 rings (SSSR count). The summed E-state index contributed by atoms with van der Waals surface area (Å²) in [7, 11) is 1.53. The number of amides is 1. The van der Waals surface area contributed by atoms with Crippen LogP contribution in [0.1, 0.15) is 0 Å². The van der Waals surface area contributed by atoms with Crippen molar-refractivity contribution >= 4 is 29.6 Å². The predicted molar refractivity (Wildman–Crippen MR) is 67.7 cm³/mol. The number of ether oxygens (including phenoxy) is 1. The van der Waals surface area contributed by atoms with Crippen LogP contribution in [0.3, 0.4) is 0 Å². The van der Waals surface area contributed by atoms with Crippen molar-refractivity contribution in [3.05, 3.63) is 0 Å². The van der Waals surface area contributed by atoms with E-state index < -0.39 is 5.97 Å². The number of nitrogen functional groups attached to an aromatic ring is 1. The van der Waals surface area contributed by atoms with Crippen LogP contribution in [0.5, 0.6) is 0 Å². The van der Waals surface area contributed by atoms with E-state index >= 15 is 0 Å². The zero-order chi connectivity index (χ0) is 14.3. The number of nitrogens with one attached hydrogen (secondary N) is 1. The van der Waals surface area contributed by atoms with Crippen molar-refractivity contribution in [3.63, 3.8) is 0 Å². The summed E-state index contributed by atoms with van der Waals surface area (Å²) < 4.78 is 6.16. The summed E-state index contributed by atoms with van der Waals surface area (Å²) in [5, 5.41) is 18.8. The predicted octanol–water partition coefficient (Wildman–Crippen LogP) is -1.20. The summed E-state index contributed by atoms with van der Waals surface area (Å²) in [5.74, 6) is -1.37. The van der Waals surface area contributed by atoms with E-state index in [4.69, 9.17) is 15.6 Å². The van der Waals surface area contributed by atoms with Crippen molar-refractivity contribution in [2.45, 2.75) is 11.7 Å². The fourth-order valence-corrected chi connectivity index (χ4v) is 1.84. The lowest BCUT2D eigenvalue weighted by molar-refractivity contribution is -0.133. The molecule has 0 atom stereocenters. The fraction of sp³-hybridized carbons (Fsp3) is 0.556. The van der Waals surface area contributed by atoms with Crippen LogP contribution in [-0.4, -0.2) is 57.8 Å². The Morgan fingerprint density at radius 2 is 2.26 bits per heavy atom. The first-order valence-corrected chi connectivity index (χ1v) is 6.32. The van der Waals surface area contributed by atoms with Gasteiger partial charge < -0.3 is 20.9 Å². The molecule has 0 spiro atoms. The van der Waals surface area contributed by atoms with Crippen molar-refractivity contribution in [2.24, 2.45) is 0 Å². The van der Waals surface area contributed by atoms with Crippen molar-refractivity contribution in [2.75, 3.05) is 31.7 Å². The molecule has 0 saturated heterocycles. The highest BCUT2D eigenvalue weighted by molar-refractivity contribution is 7.99. The Labute approximate surface area is 113 Å². The lowest BCUT2D eigenvalue weighted by atomic mass is 10.5. The van der Waals surface area contributed by atoms with Gasteiger partial charge in [0.15, 0.2) is 5.16 Å². The number of hydrogen-bond acceptors (Lipinski definition) is 7. The van der Waals surface area contributed by atoms with Gasteiger partial charge >= 0.3 is 5.97 Å². The molecule has 19 heavy (non-hydrogen) atoms. The Morgan fingerprint density at radius 1 is 1.53 bits per heavy atom. The lowest BCUT2D eigenvalue weighted by Gasteiger charge is -2.08. The Morgan fingerprint density at radius 3 is 2.89 bits per heavy atom. The lowest BCUT2D eigenvalue weighted by Crippen LogP contribution is -2.30.